The first-order chi connectivity index (χ1) is 14.1. The number of oxazole rings is 1. The number of rotatable bonds is 6. The van der Waals surface area contributed by atoms with Crippen LogP contribution >= 0.6 is 0 Å². The van der Waals surface area contributed by atoms with Crippen LogP contribution in [0.15, 0.2) is 27.6 Å². The molecule has 0 unspecified atom stereocenters. The number of amides is 1. The molecule has 7 nitrogen and oxygen atoms in total. The third-order valence-electron chi connectivity index (χ3n) is 6.40. The molecule has 1 saturated carbocycles. The number of likely N-dealkylation sites (tertiary alicyclic amines) is 2. The number of carbonyl (C=O) groups is 1. The van der Waals surface area contributed by atoms with Gasteiger partial charge in [-0.3, -0.25) is 14.5 Å². The molecule has 1 N–H and O–H groups in total. The van der Waals surface area contributed by atoms with E-state index in [0.717, 1.165) is 62.8 Å². The summed E-state index contributed by atoms with van der Waals surface area (Å²) < 4.78 is 5.61. The Bertz CT molecular complexity index is 947. The van der Waals surface area contributed by atoms with Crippen molar-refractivity contribution in [1.82, 2.24) is 19.8 Å². The van der Waals surface area contributed by atoms with Crippen molar-refractivity contribution >= 4 is 5.91 Å². The van der Waals surface area contributed by atoms with Crippen LogP contribution in [0.2, 0.25) is 0 Å². The zero-order valence-corrected chi connectivity index (χ0v) is 16.9. The highest BCUT2D eigenvalue weighted by Gasteiger charge is 2.42. The summed E-state index contributed by atoms with van der Waals surface area (Å²) in [5.41, 5.74) is 2.19. The highest BCUT2D eigenvalue weighted by Crippen LogP contribution is 2.39. The van der Waals surface area contributed by atoms with Crippen LogP contribution in [-0.4, -0.2) is 51.9 Å². The van der Waals surface area contributed by atoms with E-state index in [0.29, 0.717) is 23.3 Å². The van der Waals surface area contributed by atoms with E-state index in [9.17, 15) is 9.59 Å². The van der Waals surface area contributed by atoms with Gasteiger partial charge in [-0.2, -0.15) is 0 Å². The maximum Gasteiger partial charge on any atom is 0.254 e. The van der Waals surface area contributed by atoms with Gasteiger partial charge in [0.2, 0.25) is 5.56 Å². The number of hydrogen-bond donors (Lipinski definition) is 1. The number of aromatic amines is 1. The fraction of sp³-hybridized carbons (Fsp3) is 0.591. The first-order valence-corrected chi connectivity index (χ1v) is 10.8. The van der Waals surface area contributed by atoms with E-state index in [1.807, 2.05) is 11.0 Å². The van der Waals surface area contributed by atoms with Crippen LogP contribution in [0, 0.1) is 11.8 Å². The van der Waals surface area contributed by atoms with Crippen LogP contribution < -0.4 is 5.56 Å². The van der Waals surface area contributed by atoms with Gasteiger partial charge in [0.25, 0.3) is 5.91 Å². The van der Waals surface area contributed by atoms with Crippen LogP contribution in [0.5, 0.6) is 0 Å². The normalized spacial score (nSPS) is 24.2. The van der Waals surface area contributed by atoms with Crippen molar-refractivity contribution in [1.29, 1.82) is 0 Å². The van der Waals surface area contributed by atoms with Gasteiger partial charge in [-0.15, -0.1) is 0 Å². The van der Waals surface area contributed by atoms with Crippen molar-refractivity contribution in [2.45, 2.75) is 45.1 Å². The fourth-order valence-electron chi connectivity index (χ4n) is 4.84. The van der Waals surface area contributed by atoms with Crippen molar-refractivity contribution in [2.75, 3.05) is 26.2 Å². The average molecular weight is 396 g/mol. The predicted octanol–water partition coefficient (Wildman–Crippen LogP) is 2.40. The van der Waals surface area contributed by atoms with E-state index in [4.69, 9.17) is 4.42 Å². The molecule has 154 valence electrons. The molecule has 0 bridgehead atoms. The van der Waals surface area contributed by atoms with E-state index in [1.165, 1.54) is 18.9 Å². The van der Waals surface area contributed by atoms with Gasteiger partial charge in [0.05, 0.1) is 5.69 Å². The van der Waals surface area contributed by atoms with Crippen molar-refractivity contribution in [3.05, 3.63) is 51.6 Å². The van der Waals surface area contributed by atoms with Gasteiger partial charge in [0.1, 0.15) is 6.26 Å². The molecule has 2 saturated heterocycles. The molecule has 3 aliphatic rings. The molecule has 3 fully saturated rings. The summed E-state index contributed by atoms with van der Waals surface area (Å²) in [6.07, 6.45) is 5.92. The number of aryl methyl sites for hydroxylation is 1. The van der Waals surface area contributed by atoms with E-state index >= 15 is 0 Å². The summed E-state index contributed by atoms with van der Waals surface area (Å²) in [6, 6.07) is 3.28. The second kappa shape index (κ2) is 7.44. The van der Waals surface area contributed by atoms with Gasteiger partial charge in [-0.1, -0.05) is 13.3 Å². The van der Waals surface area contributed by atoms with E-state index < -0.39 is 0 Å². The highest BCUT2D eigenvalue weighted by molar-refractivity contribution is 5.94. The first kappa shape index (κ1) is 18.6. The largest absolute Gasteiger partial charge is 0.448 e. The maximum atomic E-state index is 13.0. The predicted molar refractivity (Wildman–Crippen MR) is 108 cm³/mol. The Morgan fingerprint density at radius 3 is 2.66 bits per heavy atom. The lowest BCUT2D eigenvalue weighted by Gasteiger charge is -2.21. The quantitative estimate of drug-likeness (QED) is 0.811. The minimum atomic E-state index is -0.192. The molecule has 0 radical (unpaired) electrons. The topological polar surface area (TPSA) is 82.4 Å². The number of carbonyl (C=O) groups excluding carboxylic acids is 1. The van der Waals surface area contributed by atoms with Crippen LogP contribution in [0.25, 0.3) is 0 Å². The molecule has 0 spiro atoms. The lowest BCUT2D eigenvalue weighted by Crippen LogP contribution is -2.33. The zero-order chi connectivity index (χ0) is 20.0. The third kappa shape index (κ3) is 3.88. The maximum absolute atomic E-state index is 13.0. The van der Waals surface area contributed by atoms with E-state index in [-0.39, 0.29) is 11.5 Å². The van der Waals surface area contributed by atoms with E-state index in [2.05, 4.69) is 21.8 Å². The molecule has 7 heteroatoms. The SMILES string of the molecule is CCCc1cc(C(=O)N2C[C@H]3CN(Cc4coc(C5CC5)n4)C[C@H]3C2)cc(=O)[nH]1. The molecular weight excluding hydrogens is 368 g/mol. The van der Waals surface area contributed by atoms with Crippen LogP contribution in [0.1, 0.15) is 59.7 Å². The number of fused-ring (bicyclic) bond motifs is 1. The lowest BCUT2D eigenvalue weighted by molar-refractivity contribution is 0.0773. The minimum absolute atomic E-state index is 0.0139. The van der Waals surface area contributed by atoms with Gasteiger partial charge in [-0.05, 0) is 37.2 Å². The van der Waals surface area contributed by atoms with Crippen molar-refractivity contribution < 1.29 is 9.21 Å². The summed E-state index contributed by atoms with van der Waals surface area (Å²) in [5, 5.41) is 0. The molecule has 2 aromatic heterocycles. The smallest absolute Gasteiger partial charge is 0.254 e. The molecule has 2 atom stereocenters. The van der Waals surface area contributed by atoms with Gasteiger partial charge in [0, 0.05) is 56.0 Å². The van der Waals surface area contributed by atoms with Crippen LogP contribution in [-0.2, 0) is 13.0 Å². The van der Waals surface area contributed by atoms with Gasteiger partial charge < -0.3 is 14.3 Å². The average Bonchev–Trinajstić information content (AvgIpc) is 3.13. The number of nitrogens with zero attached hydrogens (tertiary/aromatic N) is 3. The lowest BCUT2D eigenvalue weighted by atomic mass is 10.0. The number of aromatic nitrogens is 2. The number of pyridine rings is 1. The third-order valence-corrected chi connectivity index (χ3v) is 6.40. The van der Waals surface area contributed by atoms with Crippen molar-refractivity contribution in [2.24, 2.45) is 11.8 Å². The van der Waals surface area contributed by atoms with Crippen molar-refractivity contribution in [3.63, 3.8) is 0 Å². The molecule has 4 heterocycles. The summed E-state index contributed by atoms with van der Waals surface area (Å²) in [7, 11) is 0. The Kier molecular flexibility index (Phi) is 4.78. The molecule has 2 aromatic rings. The Morgan fingerprint density at radius 2 is 1.97 bits per heavy atom. The number of hydrogen-bond acceptors (Lipinski definition) is 5. The van der Waals surface area contributed by atoms with Crippen LogP contribution in [0.3, 0.4) is 0 Å². The van der Waals surface area contributed by atoms with E-state index in [1.54, 1.807) is 6.26 Å². The zero-order valence-electron chi connectivity index (χ0n) is 16.9. The molecule has 2 aliphatic heterocycles. The first-order valence-electron chi connectivity index (χ1n) is 10.8. The highest BCUT2D eigenvalue weighted by atomic mass is 16.3. The molecular formula is C22H28N4O3. The molecule has 1 aliphatic carbocycles. The minimum Gasteiger partial charge on any atom is -0.448 e. The fourth-order valence-corrected chi connectivity index (χ4v) is 4.84. The summed E-state index contributed by atoms with van der Waals surface area (Å²) in [6.45, 7) is 6.38. The number of nitrogens with one attached hydrogen (secondary N) is 1. The number of H-pyrrole nitrogens is 1. The molecule has 29 heavy (non-hydrogen) atoms. The molecule has 0 aromatic carbocycles. The molecule has 1 amide bonds. The van der Waals surface area contributed by atoms with Gasteiger partial charge >= 0.3 is 0 Å². The van der Waals surface area contributed by atoms with Crippen LogP contribution in [0.4, 0.5) is 0 Å². The second-order valence-corrected chi connectivity index (χ2v) is 8.88. The standard InChI is InChI=1S/C22H28N4O3/c1-2-3-18-6-15(7-20(27)23-18)22(28)26-10-16-8-25(9-17(16)11-26)12-19-13-29-21(24-19)14-4-5-14/h6-7,13-14,16-17H,2-5,8-12H2,1H3,(H,23,27)/t16-,17+. The summed E-state index contributed by atoms with van der Waals surface area (Å²) >= 11 is 0. The van der Waals surface area contributed by atoms with Gasteiger partial charge in [-0.25, -0.2) is 4.98 Å². The summed E-state index contributed by atoms with van der Waals surface area (Å²) in [4.78, 5) is 36.7. The Balaban J connectivity index is 1.19. The Labute approximate surface area is 170 Å². The Morgan fingerprint density at radius 1 is 1.21 bits per heavy atom. The van der Waals surface area contributed by atoms with Crippen molar-refractivity contribution in [3.8, 4) is 0 Å². The van der Waals surface area contributed by atoms with Gasteiger partial charge in [0.15, 0.2) is 5.89 Å². The summed E-state index contributed by atoms with van der Waals surface area (Å²) in [5.74, 6) is 2.41. The molecule has 5 rings (SSSR count). The second-order valence-electron chi connectivity index (χ2n) is 8.88. The monoisotopic (exact) mass is 396 g/mol. The Hall–Kier alpha value is -2.41.